The SMILES string of the molecule is CCCSc1nnc2n(Cc3ccccc3)c(=O)c3c4c(sc3n12)COC(C(C)C)C4. The Morgan fingerprint density at radius 3 is 2.81 bits per heavy atom. The van der Waals surface area contributed by atoms with E-state index in [2.05, 4.69) is 35.4 Å². The average Bonchev–Trinajstić information content (AvgIpc) is 3.36. The standard InChI is InChI=1S/C23H26N4O2S2/c1-4-10-30-23-25-24-22-26(12-15-8-6-5-7-9-15)20(28)19-16-11-17(14(2)3)29-13-18(16)31-21(19)27(22)23/h5-9,14,17H,4,10-13H2,1-3H3. The van der Waals surface area contributed by atoms with E-state index in [0.29, 0.717) is 24.8 Å². The highest BCUT2D eigenvalue weighted by atomic mass is 32.2. The van der Waals surface area contributed by atoms with E-state index in [1.807, 2.05) is 30.3 Å². The summed E-state index contributed by atoms with van der Waals surface area (Å²) >= 11 is 3.35. The van der Waals surface area contributed by atoms with Crippen LogP contribution in [-0.2, 0) is 24.3 Å². The third-order valence-corrected chi connectivity index (χ3v) is 8.11. The number of nitrogens with zero attached hydrogens (tertiary/aromatic N) is 4. The molecule has 3 aromatic heterocycles. The van der Waals surface area contributed by atoms with E-state index in [1.165, 1.54) is 0 Å². The van der Waals surface area contributed by atoms with Crippen molar-refractivity contribution >= 4 is 39.1 Å². The number of hydrogen-bond acceptors (Lipinski definition) is 6. The molecule has 0 N–H and O–H groups in total. The number of hydrogen-bond donors (Lipinski definition) is 0. The molecule has 1 aromatic carbocycles. The Labute approximate surface area is 189 Å². The molecule has 0 saturated heterocycles. The molecule has 162 valence electrons. The summed E-state index contributed by atoms with van der Waals surface area (Å²) in [6.07, 6.45) is 1.97. The van der Waals surface area contributed by atoms with Gasteiger partial charge < -0.3 is 4.74 Å². The number of rotatable bonds is 6. The molecule has 1 atom stereocenters. The maximum Gasteiger partial charge on any atom is 0.264 e. The Balaban J connectivity index is 1.77. The molecule has 31 heavy (non-hydrogen) atoms. The molecule has 5 rings (SSSR count). The van der Waals surface area contributed by atoms with Crippen LogP contribution in [0.2, 0.25) is 0 Å². The third-order valence-electron chi connectivity index (χ3n) is 5.79. The summed E-state index contributed by atoms with van der Waals surface area (Å²) in [5.41, 5.74) is 2.25. The Morgan fingerprint density at radius 1 is 1.26 bits per heavy atom. The van der Waals surface area contributed by atoms with Crippen LogP contribution < -0.4 is 5.56 Å². The zero-order chi connectivity index (χ0) is 21.5. The van der Waals surface area contributed by atoms with Gasteiger partial charge in [-0.2, -0.15) is 0 Å². The van der Waals surface area contributed by atoms with Gasteiger partial charge in [-0.25, -0.2) is 4.40 Å². The summed E-state index contributed by atoms with van der Waals surface area (Å²) in [5.74, 6) is 1.98. The predicted molar refractivity (Wildman–Crippen MR) is 126 cm³/mol. The second kappa shape index (κ2) is 8.41. The van der Waals surface area contributed by atoms with E-state index in [-0.39, 0.29) is 11.7 Å². The Bertz CT molecular complexity index is 1290. The van der Waals surface area contributed by atoms with E-state index in [4.69, 9.17) is 4.74 Å². The topological polar surface area (TPSA) is 61.4 Å². The molecular weight excluding hydrogens is 428 g/mol. The molecule has 0 bridgehead atoms. The molecule has 4 heterocycles. The Kier molecular flexibility index (Phi) is 5.62. The first-order valence-electron chi connectivity index (χ1n) is 10.8. The van der Waals surface area contributed by atoms with E-state index in [0.717, 1.165) is 50.0 Å². The molecular formula is C23H26N4O2S2. The lowest BCUT2D eigenvalue weighted by molar-refractivity contribution is 0.00200. The van der Waals surface area contributed by atoms with Crippen molar-refractivity contribution in [1.29, 1.82) is 0 Å². The van der Waals surface area contributed by atoms with Gasteiger partial charge in [-0.15, -0.1) is 21.5 Å². The van der Waals surface area contributed by atoms with Gasteiger partial charge in [-0.1, -0.05) is 62.9 Å². The fourth-order valence-electron chi connectivity index (χ4n) is 4.12. The van der Waals surface area contributed by atoms with Crippen molar-refractivity contribution < 1.29 is 4.74 Å². The van der Waals surface area contributed by atoms with Gasteiger partial charge in [0.2, 0.25) is 5.78 Å². The summed E-state index contributed by atoms with van der Waals surface area (Å²) in [7, 11) is 0. The van der Waals surface area contributed by atoms with E-state index < -0.39 is 0 Å². The maximum atomic E-state index is 13.8. The van der Waals surface area contributed by atoms with Crippen molar-refractivity contribution in [2.24, 2.45) is 5.92 Å². The molecule has 0 radical (unpaired) electrons. The van der Waals surface area contributed by atoms with Crippen molar-refractivity contribution in [3.05, 3.63) is 56.7 Å². The number of thiophene rings is 1. The fraction of sp³-hybridized carbons (Fsp3) is 0.435. The van der Waals surface area contributed by atoms with Gasteiger partial charge in [0, 0.05) is 17.1 Å². The first-order chi connectivity index (χ1) is 15.1. The lowest BCUT2D eigenvalue weighted by Crippen LogP contribution is -2.28. The molecule has 1 aliphatic heterocycles. The van der Waals surface area contributed by atoms with Crippen molar-refractivity contribution in [1.82, 2.24) is 19.2 Å². The number of thioether (sulfide) groups is 1. The fourth-order valence-corrected chi connectivity index (χ4v) is 6.20. The molecule has 0 saturated carbocycles. The number of benzene rings is 1. The molecule has 8 heteroatoms. The van der Waals surface area contributed by atoms with Gasteiger partial charge in [0.05, 0.1) is 24.6 Å². The van der Waals surface area contributed by atoms with Gasteiger partial charge in [0.15, 0.2) is 5.16 Å². The van der Waals surface area contributed by atoms with Crippen molar-refractivity contribution in [3.63, 3.8) is 0 Å². The minimum atomic E-state index is 0.0210. The predicted octanol–water partition coefficient (Wildman–Crippen LogP) is 4.75. The van der Waals surface area contributed by atoms with Crippen LogP contribution in [0, 0.1) is 5.92 Å². The molecule has 1 aliphatic rings. The quantitative estimate of drug-likeness (QED) is 0.393. The van der Waals surface area contributed by atoms with Crippen molar-refractivity contribution in [2.75, 3.05) is 5.75 Å². The zero-order valence-electron chi connectivity index (χ0n) is 18.0. The number of aromatic nitrogens is 4. The minimum absolute atomic E-state index is 0.0210. The van der Waals surface area contributed by atoms with Gasteiger partial charge in [-0.3, -0.25) is 9.36 Å². The number of ether oxygens (including phenoxy) is 1. The first kappa shape index (κ1) is 20.7. The van der Waals surface area contributed by atoms with Crippen LogP contribution in [0.15, 0.2) is 40.3 Å². The van der Waals surface area contributed by atoms with Crippen molar-refractivity contribution in [2.45, 2.75) is 58.0 Å². The lowest BCUT2D eigenvalue weighted by atomic mass is 9.96. The average molecular weight is 455 g/mol. The third kappa shape index (κ3) is 3.60. The molecule has 0 amide bonds. The second-order valence-corrected chi connectivity index (χ2v) is 10.5. The first-order valence-corrected chi connectivity index (χ1v) is 12.6. The van der Waals surface area contributed by atoms with Gasteiger partial charge in [0.25, 0.3) is 5.56 Å². The van der Waals surface area contributed by atoms with E-state index in [9.17, 15) is 4.79 Å². The van der Waals surface area contributed by atoms with Crippen LogP contribution in [-0.4, -0.2) is 31.0 Å². The molecule has 0 spiro atoms. The second-order valence-electron chi connectivity index (χ2n) is 8.32. The van der Waals surface area contributed by atoms with E-state index >= 15 is 0 Å². The lowest BCUT2D eigenvalue weighted by Gasteiger charge is -2.26. The summed E-state index contributed by atoms with van der Waals surface area (Å²) in [6, 6.07) is 10.1. The molecule has 1 unspecified atom stereocenters. The highest BCUT2D eigenvalue weighted by Gasteiger charge is 2.29. The maximum absolute atomic E-state index is 13.8. The smallest absolute Gasteiger partial charge is 0.264 e. The van der Waals surface area contributed by atoms with Crippen LogP contribution in [0.5, 0.6) is 0 Å². The highest BCUT2D eigenvalue weighted by Crippen LogP contribution is 2.37. The number of fused-ring (bicyclic) bond motifs is 5. The molecule has 0 fully saturated rings. The minimum Gasteiger partial charge on any atom is -0.372 e. The van der Waals surface area contributed by atoms with Crippen LogP contribution in [0.4, 0.5) is 0 Å². The van der Waals surface area contributed by atoms with Gasteiger partial charge in [0.1, 0.15) is 4.83 Å². The molecule has 6 nitrogen and oxygen atoms in total. The van der Waals surface area contributed by atoms with Crippen LogP contribution in [0.25, 0.3) is 16.0 Å². The Morgan fingerprint density at radius 2 is 2.06 bits per heavy atom. The highest BCUT2D eigenvalue weighted by molar-refractivity contribution is 7.99. The monoisotopic (exact) mass is 454 g/mol. The normalized spacial score (nSPS) is 16.5. The van der Waals surface area contributed by atoms with Crippen molar-refractivity contribution in [3.8, 4) is 0 Å². The van der Waals surface area contributed by atoms with Gasteiger partial charge >= 0.3 is 0 Å². The largest absolute Gasteiger partial charge is 0.372 e. The zero-order valence-corrected chi connectivity index (χ0v) is 19.6. The summed E-state index contributed by atoms with van der Waals surface area (Å²) in [5, 5.41) is 10.6. The van der Waals surface area contributed by atoms with E-state index in [1.54, 1.807) is 27.7 Å². The molecule has 4 aromatic rings. The Hall–Kier alpha value is -2.16. The van der Waals surface area contributed by atoms with Crippen LogP contribution in [0.3, 0.4) is 0 Å². The van der Waals surface area contributed by atoms with Gasteiger partial charge in [-0.05, 0) is 23.5 Å². The summed E-state index contributed by atoms with van der Waals surface area (Å²) in [4.78, 5) is 15.9. The summed E-state index contributed by atoms with van der Waals surface area (Å²) in [6.45, 7) is 7.55. The molecule has 0 aliphatic carbocycles. The van der Waals surface area contributed by atoms with Crippen LogP contribution >= 0.6 is 23.1 Å². The summed E-state index contributed by atoms with van der Waals surface area (Å²) < 4.78 is 9.98. The van der Waals surface area contributed by atoms with Crippen LogP contribution in [0.1, 0.15) is 43.2 Å².